The first kappa shape index (κ1) is 14.6. The van der Waals surface area contributed by atoms with Gasteiger partial charge in [-0.1, -0.05) is 12.1 Å². The second-order valence-electron chi connectivity index (χ2n) is 3.62. The van der Waals surface area contributed by atoms with Crippen LogP contribution in [0, 0.1) is 6.57 Å². The predicted molar refractivity (Wildman–Crippen MR) is 71.7 cm³/mol. The number of hydrogen-bond acceptors (Lipinski definition) is 2. The van der Waals surface area contributed by atoms with Crippen molar-refractivity contribution in [3.05, 3.63) is 39.0 Å². The molecule has 0 unspecified atom stereocenters. The molecule has 2 aromatic rings. The number of thiophene rings is 1. The highest BCUT2D eigenvalue weighted by Gasteiger charge is 2.53. The van der Waals surface area contributed by atoms with Crippen molar-refractivity contribution in [2.75, 3.05) is 0 Å². The molecular formula is C10H5BrF2NO3PS. The van der Waals surface area contributed by atoms with E-state index >= 15 is 0 Å². The zero-order chi connectivity index (χ0) is 14.4. The van der Waals surface area contributed by atoms with Gasteiger partial charge in [-0.2, -0.15) is 8.78 Å². The third-order valence-electron chi connectivity index (χ3n) is 2.38. The van der Waals surface area contributed by atoms with Gasteiger partial charge in [0.15, 0.2) is 5.69 Å². The largest absolute Gasteiger partial charge is 0.400 e. The molecule has 9 heteroatoms. The summed E-state index contributed by atoms with van der Waals surface area (Å²) < 4.78 is 38.6. The van der Waals surface area contributed by atoms with E-state index < -0.39 is 18.1 Å². The van der Waals surface area contributed by atoms with E-state index in [0.717, 1.165) is 0 Å². The maximum absolute atomic E-state index is 13.7. The normalized spacial score (nSPS) is 12.6. The van der Waals surface area contributed by atoms with Crippen LogP contribution >= 0.6 is 34.9 Å². The van der Waals surface area contributed by atoms with Crippen molar-refractivity contribution in [2.45, 2.75) is 5.66 Å². The van der Waals surface area contributed by atoms with Crippen LogP contribution in [-0.2, 0) is 10.2 Å². The molecular weight excluding hydrogens is 363 g/mol. The van der Waals surface area contributed by atoms with Crippen molar-refractivity contribution in [1.82, 2.24) is 0 Å². The van der Waals surface area contributed by atoms with Gasteiger partial charge in [0.25, 0.3) is 0 Å². The van der Waals surface area contributed by atoms with Crippen LogP contribution in [0.15, 0.2) is 22.7 Å². The Balaban J connectivity index is 2.74. The molecule has 0 radical (unpaired) electrons. The molecule has 0 saturated carbocycles. The Hall–Kier alpha value is -0.840. The number of halogens is 3. The highest BCUT2D eigenvalue weighted by atomic mass is 79.9. The molecule has 19 heavy (non-hydrogen) atoms. The SMILES string of the molecule is [C-]#[N+]c1ccc2c(Br)c(C(F)(F)P(=O)(O)O)sc2c1. The van der Waals surface area contributed by atoms with E-state index in [9.17, 15) is 13.3 Å². The van der Waals surface area contributed by atoms with Crippen LogP contribution in [0.3, 0.4) is 0 Å². The van der Waals surface area contributed by atoms with Gasteiger partial charge >= 0.3 is 13.3 Å². The Labute approximate surface area is 118 Å². The molecule has 0 atom stereocenters. The van der Waals surface area contributed by atoms with Crippen molar-refractivity contribution < 1.29 is 23.1 Å². The van der Waals surface area contributed by atoms with Crippen molar-refractivity contribution in [1.29, 1.82) is 0 Å². The van der Waals surface area contributed by atoms with E-state index in [1.165, 1.54) is 18.2 Å². The van der Waals surface area contributed by atoms with E-state index in [1.54, 1.807) is 0 Å². The predicted octanol–water partition coefficient (Wildman–Crippen LogP) is 4.44. The Kier molecular flexibility index (Phi) is 3.54. The molecule has 0 fully saturated rings. The second-order valence-corrected chi connectivity index (χ2v) is 7.12. The number of hydrogen-bond donors (Lipinski definition) is 2. The first-order valence-electron chi connectivity index (χ1n) is 4.72. The monoisotopic (exact) mass is 367 g/mol. The van der Waals surface area contributed by atoms with Crippen molar-refractivity contribution in [3.63, 3.8) is 0 Å². The molecule has 1 aromatic carbocycles. The Morgan fingerprint density at radius 3 is 2.58 bits per heavy atom. The van der Waals surface area contributed by atoms with Gasteiger partial charge in [-0.15, -0.1) is 11.3 Å². The fraction of sp³-hybridized carbons (Fsp3) is 0.100. The highest BCUT2D eigenvalue weighted by molar-refractivity contribution is 9.10. The molecule has 0 amide bonds. The number of alkyl halides is 2. The third-order valence-corrected chi connectivity index (χ3v) is 5.80. The average molecular weight is 368 g/mol. The van der Waals surface area contributed by atoms with Gasteiger partial charge in [0.2, 0.25) is 0 Å². The molecule has 2 rings (SSSR count). The molecule has 100 valence electrons. The molecule has 4 nitrogen and oxygen atoms in total. The number of rotatable bonds is 2. The van der Waals surface area contributed by atoms with Crippen LogP contribution in [0.2, 0.25) is 0 Å². The molecule has 0 saturated heterocycles. The van der Waals surface area contributed by atoms with Crippen LogP contribution in [-0.4, -0.2) is 9.79 Å². The van der Waals surface area contributed by atoms with Crippen LogP contribution in [0.1, 0.15) is 4.88 Å². The van der Waals surface area contributed by atoms with Gasteiger partial charge in [0.1, 0.15) is 4.88 Å². The van der Waals surface area contributed by atoms with E-state index in [1.807, 2.05) is 0 Å². The van der Waals surface area contributed by atoms with Crippen molar-refractivity contribution in [3.8, 4) is 0 Å². The van der Waals surface area contributed by atoms with Gasteiger partial charge in [0, 0.05) is 14.6 Å². The minimum atomic E-state index is -5.60. The molecule has 1 aromatic heterocycles. The summed E-state index contributed by atoms with van der Waals surface area (Å²) >= 11 is 3.49. The maximum Gasteiger partial charge on any atom is 0.400 e. The summed E-state index contributed by atoms with van der Waals surface area (Å²) in [7, 11) is -5.60. The van der Waals surface area contributed by atoms with Crippen LogP contribution in [0.5, 0.6) is 0 Å². The summed E-state index contributed by atoms with van der Waals surface area (Å²) in [5, 5.41) is 0.389. The molecule has 1 heterocycles. The Morgan fingerprint density at radius 1 is 1.42 bits per heavy atom. The summed E-state index contributed by atoms with van der Waals surface area (Å²) in [5.41, 5.74) is -3.99. The molecule has 2 N–H and O–H groups in total. The number of benzene rings is 1. The van der Waals surface area contributed by atoms with Crippen LogP contribution < -0.4 is 0 Å². The molecule has 0 aliphatic heterocycles. The average Bonchev–Trinajstić information content (AvgIpc) is 2.65. The van der Waals surface area contributed by atoms with Crippen LogP contribution in [0.4, 0.5) is 14.5 Å². The van der Waals surface area contributed by atoms with E-state index in [-0.39, 0.29) is 10.2 Å². The minimum absolute atomic E-state index is 0.0580. The first-order chi connectivity index (χ1) is 8.68. The van der Waals surface area contributed by atoms with Gasteiger partial charge in [-0.3, -0.25) is 4.57 Å². The smallest absolute Gasteiger partial charge is 0.320 e. The van der Waals surface area contributed by atoms with E-state index in [2.05, 4.69) is 20.8 Å². The van der Waals surface area contributed by atoms with Crippen molar-refractivity contribution in [2.24, 2.45) is 0 Å². The zero-order valence-electron chi connectivity index (χ0n) is 8.97. The summed E-state index contributed by atoms with van der Waals surface area (Å²) in [5.74, 6) is 0. The van der Waals surface area contributed by atoms with E-state index in [4.69, 9.17) is 16.4 Å². The molecule has 0 bridgehead atoms. The Bertz CT molecular complexity index is 749. The van der Waals surface area contributed by atoms with E-state index in [0.29, 0.717) is 21.4 Å². The quantitative estimate of drug-likeness (QED) is 0.609. The topological polar surface area (TPSA) is 61.9 Å². The summed E-state index contributed by atoms with van der Waals surface area (Å²) in [4.78, 5) is 19.9. The second kappa shape index (κ2) is 4.62. The molecule has 0 aliphatic carbocycles. The van der Waals surface area contributed by atoms with Crippen LogP contribution in [0.25, 0.3) is 14.9 Å². The van der Waals surface area contributed by atoms with Crippen molar-refractivity contribution >= 4 is 50.6 Å². The van der Waals surface area contributed by atoms with Gasteiger partial charge in [0.05, 0.1) is 6.57 Å². The lowest BCUT2D eigenvalue weighted by molar-refractivity contribution is 0.0595. The standard InChI is InChI=1S/C10H5BrF2NO3PS/c1-14-5-2-3-6-7(4-5)19-9(8(6)11)10(12,13)18(15,16)17/h2-4H,(H2,15,16,17). The van der Waals surface area contributed by atoms with Gasteiger partial charge < -0.3 is 9.79 Å². The molecule has 0 aliphatic rings. The molecule has 0 spiro atoms. The number of fused-ring (bicyclic) bond motifs is 1. The highest BCUT2D eigenvalue weighted by Crippen LogP contribution is 2.62. The fourth-order valence-corrected chi connectivity index (χ4v) is 4.44. The first-order valence-corrected chi connectivity index (χ1v) is 7.94. The lowest BCUT2D eigenvalue weighted by atomic mass is 10.2. The Morgan fingerprint density at radius 2 is 2.05 bits per heavy atom. The summed E-state index contributed by atoms with van der Waals surface area (Å²) in [6, 6.07) is 4.31. The number of nitrogens with zero attached hydrogens (tertiary/aromatic N) is 1. The lowest BCUT2D eigenvalue weighted by Crippen LogP contribution is -2.12. The third kappa shape index (κ3) is 2.33. The summed E-state index contributed by atoms with van der Waals surface area (Å²) in [6.45, 7) is 6.85. The van der Waals surface area contributed by atoms with Gasteiger partial charge in [-0.25, -0.2) is 4.85 Å². The lowest BCUT2D eigenvalue weighted by Gasteiger charge is -2.16. The maximum atomic E-state index is 13.7. The zero-order valence-corrected chi connectivity index (χ0v) is 12.3. The fourth-order valence-electron chi connectivity index (χ4n) is 1.45. The minimum Gasteiger partial charge on any atom is -0.320 e. The summed E-state index contributed by atoms with van der Waals surface area (Å²) in [6.07, 6.45) is 0. The van der Waals surface area contributed by atoms with Gasteiger partial charge in [-0.05, 0) is 22.0 Å².